The lowest BCUT2D eigenvalue weighted by Crippen LogP contribution is -2.64. The summed E-state index contributed by atoms with van der Waals surface area (Å²) in [6.07, 6.45) is 15.2. The van der Waals surface area contributed by atoms with Crippen LogP contribution in [0.3, 0.4) is 0 Å². The number of amides is 1. The highest BCUT2D eigenvalue weighted by atomic mass is 16.5. The number of nitrogens with zero attached hydrogens (tertiary/aromatic N) is 1. The van der Waals surface area contributed by atoms with Crippen molar-refractivity contribution in [1.82, 2.24) is 10.2 Å². The van der Waals surface area contributed by atoms with E-state index in [1.807, 2.05) is 32.0 Å². The molecule has 2 aliphatic heterocycles. The lowest BCUT2D eigenvalue weighted by Gasteiger charge is -2.60. The van der Waals surface area contributed by atoms with E-state index in [-0.39, 0.29) is 17.6 Å². The number of aliphatic hydroxyl groups is 1. The van der Waals surface area contributed by atoms with Gasteiger partial charge in [0.05, 0.1) is 23.2 Å². The number of carbonyl (C=O) groups excluding carboxylic acids is 1. The number of benzene rings is 1. The minimum absolute atomic E-state index is 0.104. The molecule has 2 unspecified atom stereocenters. The molecule has 2 N–H and O–H groups in total. The maximum Gasteiger partial charge on any atom is 0.230 e. The number of rotatable bonds is 5. The number of aliphatic hydroxyl groups excluding tert-OH is 1. The van der Waals surface area contributed by atoms with Crippen LogP contribution in [0, 0.1) is 45.8 Å². The molecule has 5 saturated carbocycles. The van der Waals surface area contributed by atoms with Gasteiger partial charge in [-0.15, -0.1) is 0 Å². The molecule has 5 heteroatoms. The number of piperidine rings is 1. The van der Waals surface area contributed by atoms with Crippen molar-refractivity contribution in [2.45, 2.75) is 121 Å². The highest BCUT2D eigenvalue weighted by Crippen LogP contribution is 2.93. The summed E-state index contributed by atoms with van der Waals surface area (Å²) in [5.74, 6) is 3.93. The fourth-order valence-corrected chi connectivity index (χ4v) is 13.6. The molecule has 0 aromatic heterocycles. The smallest absolute Gasteiger partial charge is 0.230 e. The molecule has 8 aliphatic rings. The summed E-state index contributed by atoms with van der Waals surface area (Å²) < 4.78 is 7.47. The van der Waals surface area contributed by atoms with Gasteiger partial charge < -0.3 is 15.2 Å². The summed E-state index contributed by atoms with van der Waals surface area (Å²) in [6, 6.07) is 10.7. The summed E-state index contributed by atoms with van der Waals surface area (Å²) in [7, 11) is 0. The van der Waals surface area contributed by atoms with Crippen LogP contribution in [0.1, 0.15) is 97.5 Å². The number of fused-ring (bicyclic) bond motifs is 6. The van der Waals surface area contributed by atoms with E-state index >= 15 is 0 Å². The van der Waals surface area contributed by atoms with Crippen molar-refractivity contribution in [3.63, 3.8) is 0 Å². The summed E-state index contributed by atoms with van der Waals surface area (Å²) in [5, 5.41) is 13.8. The third-order valence-electron chi connectivity index (χ3n) is 15.7. The van der Waals surface area contributed by atoms with Gasteiger partial charge in [0.1, 0.15) is 0 Å². The summed E-state index contributed by atoms with van der Waals surface area (Å²) in [6.45, 7) is 11.8. The second kappa shape index (κ2) is 9.22. The molecule has 44 heavy (non-hydrogen) atoms. The molecular formula is C39H54N2O3. The Morgan fingerprint density at radius 3 is 2.75 bits per heavy atom. The summed E-state index contributed by atoms with van der Waals surface area (Å²) >= 11 is 0. The van der Waals surface area contributed by atoms with Gasteiger partial charge in [-0.3, -0.25) is 9.69 Å². The molecule has 0 radical (unpaired) electrons. The van der Waals surface area contributed by atoms with Crippen LogP contribution in [0.2, 0.25) is 0 Å². The predicted octanol–water partition coefficient (Wildman–Crippen LogP) is 6.25. The van der Waals surface area contributed by atoms with Gasteiger partial charge in [-0.2, -0.15) is 0 Å². The highest BCUT2D eigenvalue weighted by molar-refractivity contribution is 5.87. The molecule has 2 heterocycles. The van der Waals surface area contributed by atoms with E-state index in [0.717, 1.165) is 49.2 Å². The maximum atomic E-state index is 13.3. The molecule has 7 fully saturated rings. The van der Waals surface area contributed by atoms with Crippen LogP contribution in [-0.2, 0) is 14.9 Å². The van der Waals surface area contributed by atoms with Crippen LogP contribution in [-0.4, -0.2) is 59.4 Å². The van der Waals surface area contributed by atoms with Gasteiger partial charge in [-0.05, 0) is 118 Å². The Hall–Kier alpha value is -1.69. The second-order valence-corrected chi connectivity index (χ2v) is 17.7. The molecule has 238 valence electrons. The molecule has 6 aliphatic carbocycles. The molecule has 1 amide bonds. The van der Waals surface area contributed by atoms with Crippen molar-refractivity contribution in [3.05, 3.63) is 47.5 Å². The molecule has 1 aromatic rings. The Morgan fingerprint density at radius 1 is 1.11 bits per heavy atom. The number of hydrogen-bond donors (Lipinski definition) is 2. The number of likely N-dealkylation sites (tertiary alicyclic amines) is 1. The van der Waals surface area contributed by atoms with E-state index < -0.39 is 5.41 Å². The second-order valence-electron chi connectivity index (χ2n) is 17.7. The van der Waals surface area contributed by atoms with Crippen LogP contribution in [0.5, 0.6) is 0 Å². The number of hydrogen-bond acceptors (Lipinski definition) is 4. The average molecular weight is 599 g/mol. The molecule has 12 atom stereocenters. The largest absolute Gasteiger partial charge is 0.393 e. The highest BCUT2D eigenvalue weighted by Gasteiger charge is 2.91. The van der Waals surface area contributed by atoms with Crippen molar-refractivity contribution >= 4 is 5.91 Å². The Balaban J connectivity index is 0.917. The van der Waals surface area contributed by atoms with E-state index in [1.54, 1.807) is 5.57 Å². The first kappa shape index (κ1) is 28.5. The van der Waals surface area contributed by atoms with E-state index in [9.17, 15) is 9.90 Å². The lowest BCUT2D eigenvalue weighted by molar-refractivity contribution is -0.211. The normalized spacial score (nSPS) is 50.0. The quantitative estimate of drug-likeness (QED) is 0.394. The first-order valence-electron chi connectivity index (χ1n) is 18.2. The van der Waals surface area contributed by atoms with Crippen molar-refractivity contribution in [3.8, 4) is 0 Å². The minimum atomic E-state index is -0.540. The molecule has 0 bridgehead atoms. The van der Waals surface area contributed by atoms with Crippen molar-refractivity contribution in [2.75, 3.05) is 19.6 Å². The first-order valence-corrected chi connectivity index (χ1v) is 18.2. The first-order chi connectivity index (χ1) is 21.0. The van der Waals surface area contributed by atoms with Gasteiger partial charge in [0.2, 0.25) is 5.91 Å². The van der Waals surface area contributed by atoms with Crippen molar-refractivity contribution < 1.29 is 14.6 Å². The zero-order valence-corrected chi connectivity index (χ0v) is 27.5. The Labute approximate surface area is 264 Å². The van der Waals surface area contributed by atoms with E-state index in [1.165, 1.54) is 51.4 Å². The fourth-order valence-electron chi connectivity index (χ4n) is 13.6. The van der Waals surface area contributed by atoms with Gasteiger partial charge >= 0.3 is 0 Å². The average Bonchev–Trinajstić information content (AvgIpc) is 3.49. The van der Waals surface area contributed by atoms with Crippen LogP contribution < -0.4 is 5.32 Å². The number of carbonyl (C=O) groups is 1. The molecule has 9 rings (SSSR count). The fraction of sp³-hybridized carbons (Fsp3) is 0.769. The van der Waals surface area contributed by atoms with Crippen molar-refractivity contribution in [1.29, 1.82) is 0 Å². The summed E-state index contributed by atoms with van der Waals surface area (Å²) in [4.78, 5) is 16.1. The monoisotopic (exact) mass is 598 g/mol. The zero-order valence-electron chi connectivity index (χ0n) is 27.5. The minimum Gasteiger partial charge on any atom is -0.393 e. The van der Waals surface area contributed by atoms with E-state index in [0.29, 0.717) is 46.8 Å². The topological polar surface area (TPSA) is 61.8 Å². The van der Waals surface area contributed by atoms with Gasteiger partial charge in [0.15, 0.2) is 0 Å². The lowest BCUT2D eigenvalue weighted by atomic mass is 9.47. The Kier molecular flexibility index (Phi) is 5.98. The Bertz CT molecular complexity index is 1390. The predicted molar refractivity (Wildman–Crippen MR) is 172 cm³/mol. The van der Waals surface area contributed by atoms with Gasteiger partial charge in [0.25, 0.3) is 0 Å². The van der Waals surface area contributed by atoms with Crippen LogP contribution in [0.15, 0.2) is 42.0 Å². The van der Waals surface area contributed by atoms with Crippen LogP contribution in [0.4, 0.5) is 0 Å². The van der Waals surface area contributed by atoms with E-state index in [4.69, 9.17) is 4.74 Å². The standard InChI is InChI=1S/C39H54N2O3/c1-24-18-32-33(41(22-24)17-16-40-34(43)35(2,3)25-8-6-5-7-9-25)31-21-38-23-37(38)20-30-28(29(37)13-15-39(31,38)44-32)11-10-26-19-27(42)12-14-36(26,30)4/h5-10,24,27-33,42H,11-23H2,1-4H3,(H,40,43)/t24-,27-,28-,29-,30-,31+,32+,33-,36-,37?,38?,39+/m0/s1. The Morgan fingerprint density at radius 2 is 1.93 bits per heavy atom. The van der Waals surface area contributed by atoms with Crippen LogP contribution in [0.25, 0.3) is 0 Å². The molecule has 5 nitrogen and oxygen atoms in total. The number of ether oxygens (including phenoxy) is 1. The molecule has 1 aromatic carbocycles. The maximum absolute atomic E-state index is 13.3. The summed E-state index contributed by atoms with van der Waals surface area (Å²) in [5.41, 5.74) is 3.48. The van der Waals surface area contributed by atoms with Gasteiger partial charge in [0, 0.05) is 37.0 Å². The van der Waals surface area contributed by atoms with Gasteiger partial charge in [-0.1, -0.05) is 55.8 Å². The molecule has 3 spiro atoms. The molecule has 2 saturated heterocycles. The SMILES string of the molecule is C[C@H]1C[C@H]2O[C@@]34CC[C@H]5[C@@H]6CC=C7C[C@@H](O)CC[C@]7(C)[C@H]6CC56CC63C[C@@H]4[C@@H]2N(CCNC(=O)C(C)(C)c2ccccc2)C1. The van der Waals surface area contributed by atoms with Gasteiger partial charge in [-0.25, -0.2) is 0 Å². The number of nitrogens with one attached hydrogen (secondary N) is 1. The zero-order chi connectivity index (χ0) is 30.3. The van der Waals surface area contributed by atoms with E-state index in [2.05, 4.69) is 42.3 Å². The molecular weight excluding hydrogens is 544 g/mol. The third-order valence-corrected chi connectivity index (χ3v) is 15.7. The van der Waals surface area contributed by atoms with Crippen molar-refractivity contribution in [2.24, 2.45) is 45.8 Å². The van der Waals surface area contributed by atoms with Crippen LogP contribution >= 0.6 is 0 Å². The number of allylic oxidation sites excluding steroid dienone is 1. The third kappa shape index (κ3) is 3.45.